The van der Waals surface area contributed by atoms with E-state index in [0.29, 0.717) is 11.8 Å². The van der Waals surface area contributed by atoms with Crippen LogP contribution in [0.1, 0.15) is 44.2 Å². The Morgan fingerprint density at radius 1 is 1.15 bits per heavy atom. The number of fused-ring (bicyclic) bond motifs is 1. The van der Waals surface area contributed by atoms with Crippen molar-refractivity contribution in [2.45, 2.75) is 62.1 Å². The van der Waals surface area contributed by atoms with Crippen molar-refractivity contribution in [2.24, 2.45) is 17.6 Å². The van der Waals surface area contributed by atoms with Gasteiger partial charge < -0.3 is 5.73 Å². The minimum absolute atomic E-state index is 0.0721. The molecular formula is C17H25NOS. The molecule has 2 N–H and O–H groups in total. The predicted molar refractivity (Wildman–Crippen MR) is 84.2 cm³/mol. The van der Waals surface area contributed by atoms with Gasteiger partial charge in [0.15, 0.2) is 0 Å². The SMILES string of the molecule is CC1CC(C)C(S(=O)c2ccc3c(c2)CCC3)C(N)C1. The molecule has 0 bridgehead atoms. The fourth-order valence-corrected chi connectivity index (χ4v) is 5.82. The second kappa shape index (κ2) is 5.61. The summed E-state index contributed by atoms with van der Waals surface area (Å²) < 4.78 is 13.0. The van der Waals surface area contributed by atoms with Gasteiger partial charge in [-0.2, -0.15) is 0 Å². The summed E-state index contributed by atoms with van der Waals surface area (Å²) in [6.07, 6.45) is 5.71. The monoisotopic (exact) mass is 291 g/mol. The predicted octanol–water partition coefficient (Wildman–Crippen LogP) is 3.04. The van der Waals surface area contributed by atoms with E-state index in [-0.39, 0.29) is 11.3 Å². The van der Waals surface area contributed by atoms with Crippen molar-refractivity contribution >= 4 is 10.8 Å². The highest BCUT2D eigenvalue weighted by atomic mass is 32.2. The molecule has 0 aliphatic heterocycles. The molecule has 110 valence electrons. The first-order valence-electron chi connectivity index (χ1n) is 7.84. The number of benzene rings is 1. The highest BCUT2D eigenvalue weighted by molar-refractivity contribution is 7.85. The molecule has 2 aliphatic rings. The molecule has 5 unspecified atom stereocenters. The van der Waals surface area contributed by atoms with Gasteiger partial charge in [0.25, 0.3) is 0 Å². The van der Waals surface area contributed by atoms with Crippen LogP contribution in [0.25, 0.3) is 0 Å². The molecule has 0 saturated heterocycles. The third-order valence-corrected chi connectivity index (χ3v) is 7.01. The summed E-state index contributed by atoms with van der Waals surface area (Å²) in [5, 5.41) is 0.116. The Morgan fingerprint density at radius 2 is 1.90 bits per heavy atom. The van der Waals surface area contributed by atoms with Crippen molar-refractivity contribution in [1.82, 2.24) is 0 Å². The summed E-state index contributed by atoms with van der Waals surface area (Å²) in [5.41, 5.74) is 9.17. The number of nitrogens with two attached hydrogens (primary N) is 1. The fourth-order valence-electron chi connectivity index (χ4n) is 4.09. The standard InChI is InChI=1S/C17H25NOS/c1-11-8-12(2)17(16(18)9-11)20(19)15-7-6-13-4-3-5-14(13)10-15/h6-7,10-12,16-17H,3-5,8-9,18H2,1-2H3. The molecular weight excluding hydrogens is 266 g/mol. The molecule has 2 nitrogen and oxygen atoms in total. The van der Waals surface area contributed by atoms with E-state index in [2.05, 4.69) is 32.0 Å². The minimum Gasteiger partial charge on any atom is -0.327 e. The smallest absolute Gasteiger partial charge is 0.0579 e. The van der Waals surface area contributed by atoms with Crippen molar-refractivity contribution in [2.75, 3.05) is 0 Å². The van der Waals surface area contributed by atoms with Gasteiger partial charge >= 0.3 is 0 Å². The number of rotatable bonds is 2. The van der Waals surface area contributed by atoms with Crippen LogP contribution in [0.15, 0.2) is 23.1 Å². The van der Waals surface area contributed by atoms with Crippen molar-refractivity contribution in [3.8, 4) is 0 Å². The highest BCUT2D eigenvalue weighted by Gasteiger charge is 2.36. The van der Waals surface area contributed by atoms with Gasteiger partial charge in [-0.05, 0) is 67.2 Å². The van der Waals surface area contributed by atoms with Crippen LogP contribution in [0.5, 0.6) is 0 Å². The van der Waals surface area contributed by atoms with Gasteiger partial charge in [0.1, 0.15) is 0 Å². The van der Waals surface area contributed by atoms with E-state index in [4.69, 9.17) is 5.73 Å². The molecule has 1 saturated carbocycles. The lowest BCUT2D eigenvalue weighted by atomic mass is 9.80. The van der Waals surface area contributed by atoms with Crippen LogP contribution in [0.4, 0.5) is 0 Å². The zero-order valence-electron chi connectivity index (χ0n) is 12.5. The second-order valence-electron chi connectivity index (χ2n) is 6.76. The van der Waals surface area contributed by atoms with Gasteiger partial charge in [0.2, 0.25) is 0 Å². The fraction of sp³-hybridized carbons (Fsp3) is 0.647. The Bertz CT molecular complexity index is 516. The summed E-state index contributed by atoms with van der Waals surface area (Å²) in [7, 11) is -0.962. The van der Waals surface area contributed by atoms with Gasteiger partial charge in [-0.3, -0.25) is 4.21 Å². The van der Waals surface area contributed by atoms with Gasteiger partial charge in [-0.15, -0.1) is 0 Å². The second-order valence-corrected chi connectivity index (χ2v) is 8.37. The quantitative estimate of drug-likeness (QED) is 0.910. The van der Waals surface area contributed by atoms with Crippen LogP contribution in [0.3, 0.4) is 0 Å². The molecule has 1 aromatic carbocycles. The third kappa shape index (κ3) is 2.58. The maximum absolute atomic E-state index is 13.0. The van der Waals surface area contributed by atoms with Crippen LogP contribution in [0.2, 0.25) is 0 Å². The lowest BCUT2D eigenvalue weighted by Gasteiger charge is -2.37. The van der Waals surface area contributed by atoms with E-state index >= 15 is 0 Å². The number of hydrogen-bond donors (Lipinski definition) is 1. The maximum atomic E-state index is 13.0. The zero-order valence-corrected chi connectivity index (χ0v) is 13.3. The van der Waals surface area contributed by atoms with E-state index in [1.807, 2.05) is 0 Å². The number of aryl methyl sites for hydroxylation is 2. The van der Waals surface area contributed by atoms with Gasteiger partial charge in [0.05, 0.1) is 16.0 Å². The molecule has 5 atom stereocenters. The van der Waals surface area contributed by atoms with E-state index in [1.54, 1.807) is 0 Å². The maximum Gasteiger partial charge on any atom is 0.0579 e. The first kappa shape index (κ1) is 14.3. The lowest BCUT2D eigenvalue weighted by Crippen LogP contribution is -2.47. The first-order chi connectivity index (χ1) is 9.56. The van der Waals surface area contributed by atoms with E-state index in [0.717, 1.165) is 24.2 Å². The van der Waals surface area contributed by atoms with Gasteiger partial charge in [0, 0.05) is 10.9 Å². The van der Waals surface area contributed by atoms with E-state index < -0.39 is 10.8 Å². The molecule has 3 rings (SSSR count). The first-order valence-corrected chi connectivity index (χ1v) is 9.05. The largest absolute Gasteiger partial charge is 0.327 e. The molecule has 0 heterocycles. The summed E-state index contributed by atoms with van der Waals surface area (Å²) in [6.45, 7) is 4.47. The van der Waals surface area contributed by atoms with Gasteiger partial charge in [-0.25, -0.2) is 0 Å². The van der Waals surface area contributed by atoms with Gasteiger partial charge in [-0.1, -0.05) is 19.9 Å². The van der Waals surface area contributed by atoms with Crippen molar-refractivity contribution in [3.63, 3.8) is 0 Å². The van der Waals surface area contributed by atoms with E-state index in [9.17, 15) is 4.21 Å². The third-order valence-electron chi connectivity index (χ3n) is 4.98. The summed E-state index contributed by atoms with van der Waals surface area (Å²) >= 11 is 0. The summed E-state index contributed by atoms with van der Waals surface area (Å²) in [4.78, 5) is 0.993. The average Bonchev–Trinajstić information content (AvgIpc) is 2.84. The van der Waals surface area contributed by atoms with Crippen LogP contribution < -0.4 is 5.73 Å². The van der Waals surface area contributed by atoms with E-state index in [1.165, 1.54) is 24.0 Å². The van der Waals surface area contributed by atoms with Crippen molar-refractivity contribution in [1.29, 1.82) is 0 Å². The molecule has 2 aliphatic carbocycles. The molecule has 3 heteroatoms. The van der Waals surface area contributed by atoms with Crippen molar-refractivity contribution in [3.05, 3.63) is 29.3 Å². The topological polar surface area (TPSA) is 43.1 Å². The Kier molecular flexibility index (Phi) is 4.00. The van der Waals surface area contributed by atoms with Crippen LogP contribution >= 0.6 is 0 Å². The molecule has 1 fully saturated rings. The Labute approximate surface area is 124 Å². The lowest BCUT2D eigenvalue weighted by molar-refractivity contribution is 0.275. The number of hydrogen-bond acceptors (Lipinski definition) is 2. The zero-order chi connectivity index (χ0) is 14.3. The van der Waals surface area contributed by atoms with Crippen LogP contribution in [0, 0.1) is 11.8 Å². The molecule has 0 radical (unpaired) electrons. The average molecular weight is 291 g/mol. The van der Waals surface area contributed by atoms with Crippen LogP contribution in [-0.2, 0) is 23.6 Å². The Hall–Kier alpha value is -0.670. The van der Waals surface area contributed by atoms with Crippen LogP contribution in [-0.4, -0.2) is 15.5 Å². The Balaban J connectivity index is 1.85. The highest BCUT2D eigenvalue weighted by Crippen LogP contribution is 2.34. The van der Waals surface area contributed by atoms with Crippen molar-refractivity contribution < 1.29 is 4.21 Å². The minimum atomic E-state index is -0.962. The summed E-state index contributed by atoms with van der Waals surface area (Å²) in [5.74, 6) is 1.11. The molecule has 20 heavy (non-hydrogen) atoms. The normalized spacial score (nSPS) is 34.8. The molecule has 0 spiro atoms. The molecule has 0 aromatic heterocycles. The molecule has 0 amide bonds. The summed E-state index contributed by atoms with van der Waals surface area (Å²) in [6, 6.07) is 6.49. The Morgan fingerprint density at radius 3 is 2.65 bits per heavy atom. The molecule has 1 aromatic rings.